The standard InChI is InChI=1S/C15H22N4OS.HI/c1-15(20,13-5-4-8-21-13)11-18-14(16-2)17-9-12-6-7-19(3)10-12;/h4-8,10,20H,9,11H2,1-3H3,(H2,16,17,18);1H. The Morgan fingerprint density at radius 1 is 1.41 bits per heavy atom. The van der Waals surface area contributed by atoms with Crippen molar-refractivity contribution in [3.05, 3.63) is 46.4 Å². The number of aliphatic hydroxyl groups is 1. The fraction of sp³-hybridized carbons (Fsp3) is 0.400. The summed E-state index contributed by atoms with van der Waals surface area (Å²) in [6.07, 6.45) is 4.07. The Labute approximate surface area is 152 Å². The van der Waals surface area contributed by atoms with Crippen molar-refractivity contribution in [2.45, 2.75) is 19.1 Å². The van der Waals surface area contributed by atoms with E-state index in [9.17, 15) is 5.11 Å². The Hall–Kier alpha value is -1.06. The first-order valence-corrected chi connectivity index (χ1v) is 7.71. The molecule has 0 saturated heterocycles. The summed E-state index contributed by atoms with van der Waals surface area (Å²) in [5, 5.41) is 18.8. The Morgan fingerprint density at radius 3 is 2.73 bits per heavy atom. The van der Waals surface area contributed by atoms with Crippen LogP contribution in [0, 0.1) is 0 Å². The molecule has 0 spiro atoms. The van der Waals surface area contributed by atoms with Crippen LogP contribution in [0.15, 0.2) is 41.0 Å². The fourth-order valence-electron chi connectivity index (χ4n) is 2.00. The highest BCUT2D eigenvalue weighted by atomic mass is 127. The first kappa shape index (κ1) is 19.0. The van der Waals surface area contributed by atoms with Crippen LogP contribution in [0.1, 0.15) is 17.4 Å². The largest absolute Gasteiger partial charge is 0.383 e. The minimum absolute atomic E-state index is 0. The molecule has 2 rings (SSSR count). The lowest BCUT2D eigenvalue weighted by Gasteiger charge is -2.23. The zero-order valence-electron chi connectivity index (χ0n) is 13.0. The molecule has 0 saturated carbocycles. The van der Waals surface area contributed by atoms with Gasteiger partial charge in [-0.25, -0.2) is 0 Å². The van der Waals surface area contributed by atoms with Crippen molar-refractivity contribution in [3.8, 4) is 0 Å². The molecule has 0 fully saturated rings. The van der Waals surface area contributed by atoms with E-state index in [0.717, 1.165) is 4.88 Å². The second-order valence-corrected chi connectivity index (χ2v) is 6.16. The molecule has 122 valence electrons. The van der Waals surface area contributed by atoms with Gasteiger partial charge in [0.25, 0.3) is 0 Å². The molecule has 0 bridgehead atoms. The quantitative estimate of drug-likeness (QED) is 0.385. The number of aryl methyl sites for hydroxylation is 1. The minimum Gasteiger partial charge on any atom is -0.383 e. The number of nitrogens with zero attached hydrogens (tertiary/aromatic N) is 2. The van der Waals surface area contributed by atoms with Gasteiger partial charge in [-0.05, 0) is 30.0 Å². The lowest BCUT2D eigenvalue weighted by atomic mass is 10.1. The average molecular weight is 434 g/mol. The molecule has 0 amide bonds. The SMILES string of the molecule is CN=C(NCc1ccn(C)c1)NCC(C)(O)c1cccs1.I. The minimum atomic E-state index is -0.904. The van der Waals surface area contributed by atoms with E-state index in [1.165, 1.54) is 5.56 Å². The van der Waals surface area contributed by atoms with Gasteiger partial charge >= 0.3 is 0 Å². The van der Waals surface area contributed by atoms with Crippen LogP contribution < -0.4 is 10.6 Å². The topological polar surface area (TPSA) is 61.6 Å². The number of guanidine groups is 1. The zero-order chi connectivity index (χ0) is 15.3. The van der Waals surface area contributed by atoms with Crippen LogP contribution >= 0.6 is 35.3 Å². The molecular formula is C15H23IN4OS. The number of aliphatic imine (C=N–C) groups is 1. The molecule has 1 atom stereocenters. The monoisotopic (exact) mass is 434 g/mol. The van der Waals surface area contributed by atoms with Crippen LogP contribution in [-0.4, -0.2) is 29.2 Å². The van der Waals surface area contributed by atoms with E-state index in [2.05, 4.69) is 27.9 Å². The van der Waals surface area contributed by atoms with E-state index in [1.54, 1.807) is 25.3 Å². The Bertz CT molecular complexity index is 592. The summed E-state index contributed by atoms with van der Waals surface area (Å²) < 4.78 is 2.01. The van der Waals surface area contributed by atoms with Gasteiger partial charge in [0.2, 0.25) is 0 Å². The van der Waals surface area contributed by atoms with E-state index in [1.807, 2.05) is 35.3 Å². The molecule has 0 aromatic carbocycles. The molecule has 0 aliphatic heterocycles. The number of nitrogens with one attached hydrogen (secondary N) is 2. The highest BCUT2D eigenvalue weighted by Crippen LogP contribution is 2.24. The molecular weight excluding hydrogens is 411 g/mol. The van der Waals surface area contributed by atoms with E-state index >= 15 is 0 Å². The number of hydrogen-bond acceptors (Lipinski definition) is 3. The zero-order valence-corrected chi connectivity index (χ0v) is 16.2. The smallest absolute Gasteiger partial charge is 0.191 e. The summed E-state index contributed by atoms with van der Waals surface area (Å²) in [5.74, 6) is 0.677. The summed E-state index contributed by atoms with van der Waals surface area (Å²) >= 11 is 1.55. The molecule has 2 aromatic rings. The number of halogens is 1. The summed E-state index contributed by atoms with van der Waals surface area (Å²) in [4.78, 5) is 5.11. The Morgan fingerprint density at radius 2 is 2.18 bits per heavy atom. The Kier molecular flexibility index (Phi) is 7.37. The average Bonchev–Trinajstić information content (AvgIpc) is 3.10. The molecule has 0 aliphatic carbocycles. The first-order valence-electron chi connectivity index (χ1n) is 6.83. The molecule has 5 nitrogen and oxygen atoms in total. The van der Waals surface area contributed by atoms with Crippen LogP contribution in [0.25, 0.3) is 0 Å². The maximum absolute atomic E-state index is 10.5. The summed E-state index contributed by atoms with van der Waals surface area (Å²) in [5.41, 5.74) is 0.281. The van der Waals surface area contributed by atoms with Gasteiger partial charge in [0.05, 0.1) is 6.54 Å². The number of thiophene rings is 1. The number of aromatic nitrogens is 1. The third kappa shape index (κ3) is 5.29. The molecule has 0 radical (unpaired) electrons. The van der Waals surface area contributed by atoms with Crippen molar-refractivity contribution in [3.63, 3.8) is 0 Å². The van der Waals surface area contributed by atoms with Crippen molar-refractivity contribution in [1.82, 2.24) is 15.2 Å². The predicted octanol–water partition coefficient (Wildman–Crippen LogP) is 2.28. The normalized spacial score (nSPS) is 14.1. The summed E-state index contributed by atoms with van der Waals surface area (Å²) in [6, 6.07) is 5.94. The number of hydrogen-bond donors (Lipinski definition) is 3. The summed E-state index contributed by atoms with van der Waals surface area (Å²) in [6.45, 7) is 2.90. The molecule has 2 aromatic heterocycles. The second kappa shape index (κ2) is 8.54. The van der Waals surface area contributed by atoms with Crippen molar-refractivity contribution >= 4 is 41.3 Å². The molecule has 1 unspecified atom stereocenters. The highest BCUT2D eigenvalue weighted by molar-refractivity contribution is 14.0. The van der Waals surface area contributed by atoms with Gasteiger partial charge in [-0.1, -0.05) is 6.07 Å². The third-order valence-corrected chi connectivity index (χ3v) is 4.35. The van der Waals surface area contributed by atoms with Gasteiger partial charge in [0.15, 0.2) is 5.96 Å². The van der Waals surface area contributed by atoms with E-state index < -0.39 is 5.60 Å². The van der Waals surface area contributed by atoms with Crippen LogP contribution in [-0.2, 0) is 19.2 Å². The van der Waals surface area contributed by atoms with Crippen molar-refractivity contribution in [2.24, 2.45) is 12.0 Å². The van der Waals surface area contributed by atoms with Crippen molar-refractivity contribution in [1.29, 1.82) is 0 Å². The van der Waals surface area contributed by atoms with E-state index in [4.69, 9.17) is 0 Å². The lowest BCUT2D eigenvalue weighted by Crippen LogP contribution is -2.44. The van der Waals surface area contributed by atoms with Gasteiger partial charge in [0.1, 0.15) is 5.60 Å². The van der Waals surface area contributed by atoms with E-state index in [-0.39, 0.29) is 24.0 Å². The van der Waals surface area contributed by atoms with Gasteiger partial charge in [0, 0.05) is 37.9 Å². The molecule has 3 N–H and O–H groups in total. The second-order valence-electron chi connectivity index (χ2n) is 5.22. The maximum Gasteiger partial charge on any atom is 0.191 e. The number of rotatable bonds is 5. The van der Waals surface area contributed by atoms with Crippen LogP contribution in [0.3, 0.4) is 0 Å². The van der Waals surface area contributed by atoms with Crippen LogP contribution in [0.2, 0.25) is 0 Å². The fourth-order valence-corrected chi connectivity index (χ4v) is 2.79. The Balaban J connectivity index is 0.00000242. The van der Waals surface area contributed by atoms with Gasteiger partial charge in [-0.3, -0.25) is 4.99 Å². The lowest BCUT2D eigenvalue weighted by molar-refractivity contribution is 0.0655. The van der Waals surface area contributed by atoms with Gasteiger partial charge < -0.3 is 20.3 Å². The molecule has 0 aliphatic rings. The first-order chi connectivity index (χ1) is 10.0. The summed E-state index contributed by atoms with van der Waals surface area (Å²) in [7, 11) is 3.72. The van der Waals surface area contributed by atoms with Crippen molar-refractivity contribution in [2.75, 3.05) is 13.6 Å². The van der Waals surface area contributed by atoms with E-state index in [0.29, 0.717) is 19.0 Å². The van der Waals surface area contributed by atoms with Gasteiger partial charge in [-0.2, -0.15) is 0 Å². The van der Waals surface area contributed by atoms with Gasteiger partial charge in [-0.15, -0.1) is 35.3 Å². The third-order valence-electron chi connectivity index (χ3n) is 3.23. The predicted molar refractivity (Wildman–Crippen MR) is 103 cm³/mol. The molecule has 22 heavy (non-hydrogen) atoms. The van der Waals surface area contributed by atoms with Crippen molar-refractivity contribution < 1.29 is 5.11 Å². The maximum atomic E-state index is 10.5. The van der Waals surface area contributed by atoms with Crippen LogP contribution in [0.4, 0.5) is 0 Å². The van der Waals surface area contributed by atoms with Crippen LogP contribution in [0.5, 0.6) is 0 Å². The molecule has 7 heteroatoms. The molecule has 2 heterocycles. The highest BCUT2D eigenvalue weighted by Gasteiger charge is 2.24.